The third kappa shape index (κ3) is 3.01. The molecule has 1 aromatic heterocycles. The van der Waals surface area contributed by atoms with Crippen LogP contribution in [0.25, 0.3) is 0 Å². The molecule has 5 heteroatoms. The van der Waals surface area contributed by atoms with Gasteiger partial charge in [-0.3, -0.25) is 0 Å². The summed E-state index contributed by atoms with van der Waals surface area (Å²) in [4.78, 5) is 4.19. The van der Waals surface area contributed by atoms with Crippen LogP contribution in [0.1, 0.15) is 17.0 Å². The molecule has 0 aliphatic rings. The first-order valence-corrected chi connectivity index (χ1v) is 5.74. The predicted octanol–water partition coefficient (Wildman–Crippen LogP) is 1.82. The first kappa shape index (κ1) is 12.4. The van der Waals surface area contributed by atoms with Crippen LogP contribution < -0.4 is 4.74 Å². The molecule has 0 aliphatic heterocycles. The fraction of sp³-hybridized carbons (Fsp3) is 0.308. The number of hydrogen-bond acceptors (Lipinski definition) is 5. The quantitative estimate of drug-likeness (QED) is 0.889. The highest BCUT2D eigenvalue weighted by atomic mass is 16.5. The standard InChI is InChI=1S/C13H15N3O2/c1-9-10(2)15-16-13(14-9)18-12-5-3-11(4-6-12)7-8-17/h3-6,17H,7-8H2,1-2H3. The van der Waals surface area contributed by atoms with Gasteiger partial charge in [0.25, 0.3) is 0 Å². The number of ether oxygens (including phenoxy) is 1. The third-order valence-electron chi connectivity index (χ3n) is 2.61. The number of aliphatic hydroxyl groups excluding tert-OH is 1. The van der Waals surface area contributed by atoms with Gasteiger partial charge in [-0.15, -0.1) is 5.10 Å². The van der Waals surface area contributed by atoms with Gasteiger partial charge in [-0.1, -0.05) is 17.2 Å². The Labute approximate surface area is 105 Å². The van der Waals surface area contributed by atoms with Crippen molar-refractivity contribution >= 4 is 0 Å². The van der Waals surface area contributed by atoms with E-state index in [1.807, 2.05) is 38.1 Å². The average Bonchev–Trinajstić information content (AvgIpc) is 2.37. The van der Waals surface area contributed by atoms with Gasteiger partial charge in [0, 0.05) is 6.61 Å². The Morgan fingerprint density at radius 2 is 1.78 bits per heavy atom. The summed E-state index contributed by atoms with van der Waals surface area (Å²) in [5.41, 5.74) is 2.65. The van der Waals surface area contributed by atoms with Gasteiger partial charge in [0.15, 0.2) is 0 Å². The molecule has 1 N–H and O–H groups in total. The molecule has 0 fully saturated rings. The van der Waals surface area contributed by atoms with E-state index in [9.17, 15) is 0 Å². The molecule has 0 aliphatic carbocycles. The van der Waals surface area contributed by atoms with E-state index in [4.69, 9.17) is 9.84 Å². The van der Waals surface area contributed by atoms with Crippen LogP contribution >= 0.6 is 0 Å². The van der Waals surface area contributed by atoms with Crippen LogP contribution in [0.3, 0.4) is 0 Å². The summed E-state index contributed by atoms with van der Waals surface area (Å²) in [6.45, 7) is 3.86. The van der Waals surface area contributed by atoms with Crippen molar-refractivity contribution in [1.82, 2.24) is 15.2 Å². The Balaban J connectivity index is 2.10. The van der Waals surface area contributed by atoms with E-state index in [2.05, 4.69) is 15.2 Å². The fourth-order valence-corrected chi connectivity index (χ4v) is 1.44. The number of rotatable bonds is 4. The number of nitrogens with zero attached hydrogens (tertiary/aromatic N) is 3. The summed E-state index contributed by atoms with van der Waals surface area (Å²) < 4.78 is 5.50. The van der Waals surface area contributed by atoms with Crippen LogP contribution in [0.4, 0.5) is 0 Å². The molecule has 2 rings (SSSR count). The van der Waals surface area contributed by atoms with Crippen molar-refractivity contribution in [3.63, 3.8) is 0 Å². The van der Waals surface area contributed by atoms with Gasteiger partial charge in [0.05, 0.1) is 11.4 Å². The second kappa shape index (κ2) is 5.55. The molecule has 94 valence electrons. The normalized spacial score (nSPS) is 10.4. The van der Waals surface area contributed by atoms with Crippen molar-refractivity contribution in [2.45, 2.75) is 20.3 Å². The van der Waals surface area contributed by atoms with E-state index in [1.54, 1.807) is 0 Å². The topological polar surface area (TPSA) is 68.1 Å². The van der Waals surface area contributed by atoms with E-state index < -0.39 is 0 Å². The van der Waals surface area contributed by atoms with Gasteiger partial charge < -0.3 is 9.84 Å². The number of aromatic nitrogens is 3. The number of hydrogen-bond donors (Lipinski definition) is 1. The molecule has 1 heterocycles. The van der Waals surface area contributed by atoms with Gasteiger partial charge in [0.2, 0.25) is 0 Å². The van der Waals surface area contributed by atoms with Gasteiger partial charge in [-0.25, -0.2) is 0 Å². The Hall–Kier alpha value is -2.01. The summed E-state index contributed by atoms with van der Waals surface area (Å²) in [7, 11) is 0. The highest BCUT2D eigenvalue weighted by molar-refractivity contribution is 5.29. The molecule has 18 heavy (non-hydrogen) atoms. The summed E-state index contributed by atoms with van der Waals surface area (Å²) in [6, 6.07) is 7.70. The first-order valence-electron chi connectivity index (χ1n) is 5.74. The van der Waals surface area contributed by atoms with E-state index in [1.165, 1.54) is 0 Å². The van der Waals surface area contributed by atoms with Crippen LogP contribution in [0.5, 0.6) is 11.8 Å². The van der Waals surface area contributed by atoms with E-state index in [-0.39, 0.29) is 12.6 Å². The Bertz CT molecular complexity index is 526. The molecule has 0 saturated heterocycles. The Morgan fingerprint density at radius 1 is 1.06 bits per heavy atom. The molecule has 1 aromatic carbocycles. The number of benzene rings is 1. The van der Waals surface area contributed by atoms with Crippen molar-refractivity contribution in [3.8, 4) is 11.8 Å². The van der Waals surface area contributed by atoms with Crippen molar-refractivity contribution < 1.29 is 9.84 Å². The lowest BCUT2D eigenvalue weighted by Gasteiger charge is -2.05. The zero-order valence-electron chi connectivity index (χ0n) is 10.4. The fourth-order valence-electron chi connectivity index (χ4n) is 1.44. The summed E-state index contributed by atoms with van der Waals surface area (Å²) in [5.74, 6) is 0.654. The van der Waals surface area contributed by atoms with Crippen LogP contribution in [0.15, 0.2) is 24.3 Å². The maximum atomic E-state index is 8.82. The second-order valence-corrected chi connectivity index (χ2v) is 3.98. The Kier molecular flexibility index (Phi) is 3.84. The number of aryl methyl sites for hydroxylation is 2. The highest BCUT2D eigenvalue weighted by Crippen LogP contribution is 2.18. The van der Waals surface area contributed by atoms with Crippen molar-refractivity contribution in [2.75, 3.05) is 6.61 Å². The van der Waals surface area contributed by atoms with E-state index in [0.29, 0.717) is 12.2 Å². The molecule has 0 bridgehead atoms. The minimum atomic E-state index is 0.143. The molecule has 0 radical (unpaired) electrons. The zero-order valence-corrected chi connectivity index (χ0v) is 10.4. The van der Waals surface area contributed by atoms with Crippen LogP contribution in [0, 0.1) is 13.8 Å². The molecule has 0 atom stereocenters. The van der Waals surface area contributed by atoms with Gasteiger partial charge in [-0.2, -0.15) is 4.98 Å². The maximum Gasteiger partial charge on any atom is 0.341 e. The average molecular weight is 245 g/mol. The summed E-state index contributed by atoms with van der Waals surface area (Å²) in [6.07, 6.45) is 0.641. The zero-order chi connectivity index (χ0) is 13.0. The molecule has 0 unspecified atom stereocenters. The molecule has 5 nitrogen and oxygen atoms in total. The lowest BCUT2D eigenvalue weighted by molar-refractivity contribution is 0.299. The first-order chi connectivity index (χ1) is 8.69. The SMILES string of the molecule is Cc1nnc(Oc2ccc(CCO)cc2)nc1C. The lowest BCUT2D eigenvalue weighted by Crippen LogP contribution is -1.99. The second-order valence-electron chi connectivity index (χ2n) is 3.98. The molecular formula is C13H15N3O2. The predicted molar refractivity (Wildman–Crippen MR) is 66.6 cm³/mol. The molecule has 0 spiro atoms. The largest absolute Gasteiger partial charge is 0.423 e. The molecule has 0 saturated carbocycles. The molecule has 2 aromatic rings. The van der Waals surface area contributed by atoms with Crippen LogP contribution in [-0.2, 0) is 6.42 Å². The smallest absolute Gasteiger partial charge is 0.341 e. The minimum Gasteiger partial charge on any atom is -0.423 e. The van der Waals surface area contributed by atoms with Crippen molar-refractivity contribution in [2.24, 2.45) is 0 Å². The minimum absolute atomic E-state index is 0.143. The van der Waals surface area contributed by atoms with Crippen molar-refractivity contribution in [3.05, 3.63) is 41.2 Å². The van der Waals surface area contributed by atoms with Gasteiger partial charge in [0.1, 0.15) is 5.75 Å². The summed E-state index contributed by atoms with van der Waals surface area (Å²) >= 11 is 0. The third-order valence-corrected chi connectivity index (χ3v) is 2.61. The summed E-state index contributed by atoms with van der Waals surface area (Å²) in [5, 5.41) is 16.6. The van der Waals surface area contributed by atoms with Crippen LogP contribution in [-0.4, -0.2) is 26.9 Å². The van der Waals surface area contributed by atoms with E-state index in [0.717, 1.165) is 17.0 Å². The van der Waals surface area contributed by atoms with E-state index >= 15 is 0 Å². The number of aliphatic hydroxyl groups is 1. The van der Waals surface area contributed by atoms with Gasteiger partial charge >= 0.3 is 6.01 Å². The monoisotopic (exact) mass is 245 g/mol. The van der Waals surface area contributed by atoms with Gasteiger partial charge in [-0.05, 0) is 38.0 Å². The molecular weight excluding hydrogens is 230 g/mol. The van der Waals surface area contributed by atoms with Crippen molar-refractivity contribution in [1.29, 1.82) is 0 Å². The Morgan fingerprint density at radius 3 is 2.39 bits per heavy atom. The highest BCUT2D eigenvalue weighted by Gasteiger charge is 2.04. The maximum absolute atomic E-state index is 8.82. The lowest BCUT2D eigenvalue weighted by atomic mass is 10.1. The van der Waals surface area contributed by atoms with Crippen LogP contribution in [0.2, 0.25) is 0 Å². The molecule has 0 amide bonds.